The van der Waals surface area contributed by atoms with Gasteiger partial charge in [-0.1, -0.05) is 33.3 Å². The number of hydrogen-bond donors (Lipinski definition) is 0. The number of hydrogen-bond acceptors (Lipinski definition) is 4. The highest BCUT2D eigenvalue weighted by Crippen LogP contribution is 2.66. The zero-order valence-corrected chi connectivity index (χ0v) is 16.1. The minimum atomic E-state index is -0.241. The van der Waals surface area contributed by atoms with Gasteiger partial charge in [0.15, 0.2) is 0 Å². The molecular weight excluding hydrogens is 316 g/mol. The standard InChI is InChI=1S/C21H32O4/c1-19(2)9-5-10-20(3)16(19)8-11-21(13-25-21)17(20)7-6-14(15-12-24-15)18(22)23-4/h6,15-17H,5,7-13H2,1-4H3/b14-6-/t15-,16+,17-,20-,21+/m0/s1. The van der Waals surface area contributed by atoms with E-state index in [9.17, 15) is 4.79 Å². The second kappa shape index (κ2) is 5.82. The van der Waals surface area contributed by atoms with E-state index >= 15 is 0 Å². The Balaban J connectivity index is 1.62. The molecule has 4 aliphatic rings. The van der Waals surface area contributed by atoms with Crippen molar-refractivity contribution in [2.45, 2.75) is 71.0 Å². The summed E-state index contributed by atoms with van der Waals surface area (Å²) >= 11 is 0. The molecule has 2 heterocycles. The summed E-state index contributed by atoms with van der Waals surface area (Å²) in [6.45, 7) is 8.92. The SMILES string of the molecule is COC(=O)/C(=C\C[C@@H]1[C@@]2(CC[C@@H]3C(C)(C)CCC[C@@]31C)CO2)[C@@H]1CO1. The Morgan fingerprint density at radius 1 is 1.24 bits per heavy atom. The molecule has 4 fully saturated rings. The average molecular weight is 348 g/mol. The predicted molar refractivity (Wildman–Crippen MR) is 95.1 cm³/mol. The van der Waals surface area contributed by atoms with Crippen molar-refractivity contribution in [3.05, 3.63) is 11.6 Å². The van der Waals surface area contributed by atoms with Gasteiger partial charge in [-0.15, -0.1) is 0 Å². The van der Waals surface area contributed by atoms with E-state index < -0.39 is 0 Å². The van der Waals surface area contributed by atoms with Crippen molar-refractivity contribution in [1.82, 2.24) is 0 Å². The van der Waals surface area contributed by atoms with E-state index in [1.807, 2.05) is 0 Å². The third-order valence-electron chi connectivity index (χ3n) is 7.75. The fourth-order valence-electron chi connectivity index (χ4n) is 6.33. The number of epoxide rings is 2. The first-order chi connectivity index (χ1) is 11.8. The maximum Gasteiger partial charge on any atom is 0.336 e. The number of esters is 1. The lowest BCUT2D eigenvalue weighted by Gasteiger charge is -2.59. The van der Waals surface area contributed by atoms with E-state index in [1.165, 1.54) is 39.2 Å². The Labute approximate surface area is 151 Å². The molecule has 2 aliphatic heterocycles. The molecule has 2 saturated carbocycles. The molecule has 2 aliphatic carbocycles. The lowest BCUT2D eigenvalue weighted by atomic mass is 9.46. The van der Waals surface area contributed by atoms with Crippen LogP contribution in [0, 0.1) is 22.7 Å². The van der Waals surface area contributed by atoms with Gasteiger partial charge in [0.25, 0.3) is 0 Å². The molecule has 4 rings (SSSR count). The molecule has 0 bridgehead atoms. The smallest absolute Gasteiger partial charge is 0.336 e. The average Bonchev–Trinajstić information content (AvgIpc) is 3.45. The summed E-state index contributed by atoms with van der Waals surface area (Å²) in [6, 6.07) is 0. The van der Waals surface area contributed by atoms with Crippen LogP contribution in [0.1, 0.15) is 59.3 Å². The Morgan fingerprint density at radius 3 is 2.56 bits per heavy atom. The normalized spacial score (nSPS) is 45.0. The second-order valence-electron chi connectivity index (χ2n) is 9.55. The summed E-state index contributed by atoms with van der Waals surface area (Å²) in [5.41, 5.74) is 1.45. The van der Waals surface area contributed by atoms with Crippen molar-refractivity contribution in [2.75, 3.05) is 20.3 Å². The largest absolute Gasteiger partial charge is 0.466 e. The van der Waals surface area contributed by atoms with E-state index in [4.69, 9.17) is 14.2 Å². The zero-order chi connectivity index (χ0) is 17.9. The van der Waals surface area contributed by atoms with E-state index in [0.717, 1.165) is 18.9 Å². The van der Waals surface area contributed by atoms with Crippen molar-refractivity contribution >= 4 is 5.97 Å². The summed E-state index contributed by atoms with van der Waals surface area (Å²) in [5.74, 6) is 0.979. The van der Waals surface area contributed by atoms with Crippen LogP contribution in [0.5, 0.6) is 0 Å². The molecule has 0 N–H and O–H groups in total. The second-order valence-corrected chi connectivity index (χ2v) is 9.55. The predicted octanol–water partition coefficient (Wildman–Crippen LogP) is 3.89. The van der Waals surface area contributed by atoms with Crippen LogP contribution in [0.25, 0.3) is 0 Å². The van der Waals surface area contributed by atoms with Crippen LogP contribution in [-0.2, 0) is 19.0 Å². The number of methoxy groups -OCH3 is 1. The van der Waals surface area contributed by atoms with E-state index in [0.29, 0.717) is 28.9 Å². The Morgan fingerprint density at radius 2 is 1.96 bits per heavy atom. The maximum atomic E-state index is 12.1. The van der Waals surface area contributed by atoms with Gasteiger partial charge in [-0.3, -0.25) is 0 Å². The van der Waals surface area contributed by atoms with Gasteiger partial charge in [-0.2, -0.15) is 0 Å². The molecule has 4 nitrogen and oxygen atoms in total. The fraction of sp³-hybridized carbons (Fsp3) is 0.857. The van der Waals surface area contributed by atoms with E-state index in [1.54, 1.807) is 0 Å². The van der Waals surface area contributed by atoms with Crippen molar-refractivity contribution in [1.29, 1.82) is 0 Å². The van der Waals surface area contributed by atoms with Crippen LogP contribution in [-0.4, -0.2) is 38.0 Å². The molecule has 140 valence electrons. The van der Waals surface area contributed by atoms with Crippen molar-refractivity contribution in [3.8, 4) is 0 Å². The molecule has 4 heteroatoms. The van der Waals surface area contributed by atoms with Crippen LogP contribution >= 0.6 is 0 Å². The zero-order valence-electron chi connectivity index (χ0n) is 16.1. The first kappa shape index (κ1) is 17.5. The molecule has 25 heavy (non-hydrogen) atoms. The highest BCUT2D eigenvalue weighted by molar-refractivity contribution is 5.90. The lowest BCUT2D eigenvalue weighted by molar-refractivity contribution is -0.136. The monoisotopic (exact) mass is 348 g/mol. The Kier molecular flexibility index (Phi) is 4.08. The van der Waals surface area contributed by atoms with E-state index in [2.05, 4.69) is 26.8 Å². The van der Waals surface area contributed by atoms with Crippen molar-refractivity contribution < 1.29 is 19.0 Å². The maximum absolute atomic E-state index is 12.1. The van der Waals surface area contributed by atoms with Gasteiger partial charge < -0.3 is 14.2 Å². The highest BCUT2D eigenvalue weighted by atomic mass is 16.6. The minimum absolute atomic E-state index is 0.0564. The third-order valence-corrected chi connectivity index (χ3v) is 7.75. The summed E-state index contributed by atoms with van der Waals surface area (Å²) < 4.78 is 16.4. The lowest BCUT2D eigenvalue weighted by Crippen LogP contribution is -2.54. The molecular formula is C21H32O4. The molecule has 0 aromatic heterocycles. The number of ether oxygens (including phenoxy) is 3. The number of carbonyl (C=O) groups excluding carboxylic acids is 1. The van der Waals surface area contributed by atoms with Gasteiger partial charge in [0.1, 0.15) is 6.10 Å². The van der Waals surface area contributed by atoms with Crippen molar-refractivity contribution in [3.63, 3.8) is 0 Å². The third kappa shape index (κ3) is 2.86. The fourth-order valence-corrected chi connectivity index (χ4v) is 6.33. The molecule has 0 amide bonds. The summed E-state index contributed by atoms with van der Waals surface area (Å²) in [5, 5.41) is 0. The quantitative estimate of drug-likeness (QED) is 0.439. The minimum Gasteiger partial charge on any atom is -0.466 e. The first-order valence-corrected chi connectivity index (χ1v) is 9.86. The van der Waals surface area contributed by atoms with Crippen LogP contribution in [0.4, 0.5) is 0 Å². The Hall–Kier alpha value is -0.870. The number of rotatable bonds is 4. The van der Waals surface area contributed by atoms with Gasteiger partial charge in [0, 0.05) is 0 Å². The van der Waals surface area contributed by atoms with Gasteiger partial charge in [-0.05, 0) is 54.8 Å². The van der Waals surface area contributed by atoms with Crippen LogP contribution in [0.2, 0.25) is 0 Å². The summed E-state index contributed by atoms with van der Waals surface area (Å²) in [4.78, 5) is 12.1. The number of carbonyl (C=O) groups is 1. The van der Waals surface area contributed by atoms with Crippen LogP contribution in [0.15, 0.2) is 11.6 Å². The molecule has 0 aromatic carbocycles. The topological polar surface area (TPSA) is 51.4 Å². The van der Waals surface area contributed by atoms with Crippen molar-refractivity contribution in [2.24, 2.45) is 22.7 Å². The summed E-state index contributed by atoms with van der Waals surface area (Å²) in [7, 11) is 1.45. The van der Waals surface area contributed by atoms with Crippen LogP contribution in [0.3, 0.4) is 0 Å². The molecule has 0 radical (unpaired) electrons. The van der Waals surface area contributed by atoms with E-state index in [-0.39, 0.29) is 17.7 Å². The molecule has 0 unspecified atom stereocenters. The molecule has 5 atom stereocenters. The number of allylic oxidation sites excluding steroid dienone is 1. The van der Waals surface area contributed by atoms with Crippen LogP contribution < -0.4 is 0 Å². The molecule has 2 saturated heterocycles. The Bertz CT molecular complexity index is 585. The van der Waals surface area contributed by atoms with Gasteiger partial charge in [0.2, 0.25) is 0 Å². The number of fused-ring (bicyclic) bond motifs is 1. The van der Waals surface area contributed by atoms with Gasteiger partial charge in [-0.25, -0.2) is 4.79 Å². The van der Waals surface area contributed by atoms with Gasteiger partial charge >= 0.3 is 5.97 Å². The highest BCUT2D eigenvalue weighted by Gasteiger charge is 2.64. The molecule has 1 spiro atoms. The van der Waals surface area contributed by atoms with Gasteiger partial charge in [0.05, 0.1) is 31.5 Å². The molecule has 0 aromatic rings. The first-order valence-electron chi connectivity index (χ1n) is 9.86. The summed E-state index contributed by atoms with van der Waals surface area (Å²) in [6.07, 6.45) is 9.29.